The van der Waals surface area contributed by atoms with Crippen LogP contribution in [0.4, 0.5) is 0 Å². The molecule has 0 spiro atoms. The minimum atomic E-state index is -0.251. The molecular formula is C21H21ClN2O5. The quantitative estimate of drug-likeness (QED) is 0.693. The molecule has 0 aliphatic carbocycles. The number of halogens is 1. The molecule has 0 aromatic heterocycles. The van der Waals surface area contributed by atoms with Crippen molar-refractivity contribution in [1.29, 1.82) is 0 Å². The summed E-state index contributed by atoms with van der Waals surface area (Å²) in [6.45, 7) is 0.974. The van der Waals surface area contributed by atoms with Crippen LogP contribution in [0, 0.1) is 0 Å². The Balaban J connectivity index is 1.43. The minimum Gasteiger partial charge on any atom is -0.454 e. The molecule has 0 unspecified atom stereocenters. The Labute approximate surface area is 173 Å². The highest BCUT2D eigenvalue weighted by Gasteiger charge is 2.28. The van der Waals surface area contributed by atoms with Crippen molar-refractivity contribution in [1.82, 2.24) is 4.90 Å². The van der Waals surface area contributed by atoms with Crippen molar-refractivity contribution >= 4 is 23.2 Å². The molecular weight excluding hydrogens is 396 g/mol. The van der Waals surface area contributed by atoms with Crippen LogP contribution in [0.2, 0.25) is 5.02 Å². The van der Waals surface area contributed by atoms with Gasteiger partial charge in [-0.15, -0.1) is 0 Å². The maximum Gasteiger partial charge on any atom is 0.248 e. The molecule has 0 radical (unpaired) electrons. The van der Waals surface area contributed by atoms with Gasteiger partial charge in [-0.1, -0.05) is 35.0 Å². The Kier molecular flexibility index (Phi) is 5.87. The van der Waals surface area contributed by atoms with Crippen LogP contribution in [-0.4, -0.2) is 49.7 Å². The van der Waals surface area contributed by atoms with Crippen molar-refractivity contribution in [3.05, 3.63) is 58.6 Å². The summed E-state index contributed by atoms with van der Waals surface area (Å²) in [7, 11) is 1.50. The van der Waals surface area contributed by atoms with Gasteiger partial charge in [0.2, 0.25) is 12.7 Å². The number of nitrogens with zero attached hydrogens (tertiary/aromatic N) is 2. The zero-order valence-corrected chi connectivity index (χ0v) is 16.7. The van der Waals surface area contributed by atoms with Gasteiger partial charge in [0.1, 0.15) is 6.61 Å². The topological polar surface area (TPSA) is 69.6 Å². The molecule has 0 fully saturated rings. The maximum atomic E-state index is 12.6. The van der Waals surface area contributed by atoms with E-state index in [0.29, 0.717) is 30.3 Å². The van der Waals surface area contributed by atoms with Crippen molar-refractivity contribution in [2.45, 2.75) is 19.1 Å². The Morgan fingerprint density at radius 1 is 1.24 bits per heavy atom. The van der Waals surface area contributed by atoms with Crippen LogP contribution >= 0.6 is 11.6 Å². The lowest BCUT2D eigenvalue weighted by molar-refractivity contribution is -0.137. The Morgan fingerprint density at radius 2 is 2.07 bits per heavy atom. The van der Waals surface area contributed by atoms with Crippen molar-refractivity contribution in [2.75, 3.05) is 27.1 Å². The zero-order valence-electron chi connectivity index (χ0n) is 16.0. The SMILES string of the molecule is COCC(=O)N(Cc1ccccc1Cl)C[C@H]1CC(c2ccc3c(c2)OCO3)=NO1. The number of methoxy groups -OCH3 is 1. The number of rotatable bonds is 7. The van der Waals surface area contributed by atoms with Gasteiger partial charge in [0, 0.05) is 30.7 Å². The number of hydrogen-bond donors (Lipinski definition) is 0. The second-order valence-electron chi connectivity index (χ2n) is 6.84. The number of fused-ring (bicyclic) bond motifs is 1. The molecule has 0 saturated carbocycles. The molecule has 4 rings (SSSR count). The lowest BCUT2D eigenvalue weighted by atomic mass is 10.0. The van der Waals surface area contributed by atoms with E-state index in [1.807, 2.05) is 42.5 Å². The maximum absolute atomic E-state index is 12.6. The average molecular weight is 417 g/mol. The normalized spacial score (nSPS) is 17.0. The van der Waals surface area contributed by atoms with Gasteiger partial charge in [0.05, 0.1) is 12.3 Å². The molecule has 2 heterocycles. The van der Waals surface area contributed by atoms with Gasteiger partial charge < -0.3 is 23.9 Å². The number of hydrogen-bond acceptors (Lipinski definition) is 6. The summed E-state index contributed by atoms with van der Waals surface area (Å²) in [4.78, 5) is 19.9. The highest BCUT2D eigenvalue weighted by molar-refractivity contribution is 6.31. The smallest absolute Gasteiger partial charge is 0.248 e. The van der Waals surface area contributed by atoms with E-state index >= 15 is 0 Å². The fourth-order valence-electron chi connectivity index (χ4n) is 3.32. The summed E-state index contributed by atoms with van der Waals surface area (Å²) in [6, 6.07) is 13.1. The predicted molar refractivity (Wildman–Crippen MR) is 107 cm³/mol. The standard InChI is InChI=1S/C21H21ClN2O5/c1-26-12-21(25)24(10-15-4-2-3-5-17(15)22)11-16-9-18(23-29-16)14-6-7-19-20(8-14)28-13-27-19/h2-8,16H,9-13H2,1H3/t16-/m1/s1. The van der Waals surface area contributed by atoms with Crippen LogP contribution in [0.5, 0.6) is 11.5 Å². The second-order valence-corrected chi connectivity index (χ2v) is 7.24. The van der Waals surface area contributed by atoms with Gasteiger partial charge in [0.15, 0.2) is 17.6 Å². The van der Waals surface area contributed by atoms with Crippen molar-refractivity contribution in [3.63, 3.8) is 0 Å². The number of amides is 1. The molecule has 0 N–H and O–H groups in total. The average Bonchev–Trinajstić information content (AvgIpc) is 3.38. The first-order valence-electron chi connectivity index (χ1n) is 9.27. The molecule has 152 valence electrons. The van der Waals surface area contributed by atoms with Crippen LogP contribution in [0.25, 0.3) is 0 Å². The summed E-state index contributed by atoms with van der Waals surface area (Å²) >= 11 is 6.27. The summed E-state index contributed by atoms with van der Waals surface area (Å²) in [5.74, 6) is 1.29. The van der Waals surface area contributed by atoms with E-state index in [-0.39, 0.29) is 25.4 Å². The van der Waals surface area contributed by atoms with E-state index in [1.54, 1.807) is 4.90 Å². The highest BCUT2D eigenvalue weighted by Crippen LogP contribution is 2.33. The lowest BCUT2D eigenvalue weighted by Gasteiger charge is -2.25. The van der Waals surface area contributed by atoms with Gasteiger partial charge in [-0.25, -0.2) is 0 Å². The second kappa shape index (κ2) is 8.71. The third-order valence-electron chi connectivity index (χ3n) is 4.80. The molecule has 7 nitrogen and oxygen atoms in total. The summed E-state index contributed by atoms with van der Waals surface area (Å²) in [5, 5.41) is 4.84. The van der Waals surface area contributed by atoms with Crippen LogP contribution in [-0.2, 0) is 20.9 Å². The van der Waals surface area contributed by atoms with Crippen LogP contribution < -0.4 is 9.47 Å². The van der Waals surface area contributed by atoms with Gasteiger partial charge in [-0.3, -0.25) is 4.79 Å². The van der Waals surface area contributed by atoms with E-state index < -0.39 is 0 Å². The van der Waals surface area contributed by atoms with Crippen LogP contribution in [0.3, 0.4) is 0 Å². The first-order chi connectivity index (χ1) is 14.1. The molecule has 2 aromatic carbocycles. The number of benzene rings is 2. The van der Waals surface area contributed by atoms with Crippen LogP contribution in [0.15, 0.2) is 47.6 Å². The van der Waals surface area contributed by atoms with E-state index in [1.165, 1.54) is 7.11 Å². The van der Waals surface area contributed by atoms with E-state index in [2.05, 4.69) is 5.16 Å². The van der Waals surface area contributed by atoms with Crippen molar-refractivity contribution in [2.24, 2.45) is 5.16 Å². The number of ether oxygens (including phenoxy) is 3. The fraction of sp³-hybridized carbons (Fsp3) is 0.333. The van der Waals surface area contributed by atoms with Gasteiger partial charge >= 0.3 is 0 Å². The Bertz CT molecular complexity index is 933. The summed E-state index contributed by atoms with van der Waals surface area (Å²) in [6.07, 6.45) is 0.331. The molecule has 0 saturated heterocycles. The highest BCUT2D eigenvalue weighted by atomic mass is 35.5. The number of carbonyl (C=O) groups excluding carboxylic acids is 1. The molecule has 1 amide bonds. The van der Waals surface area contributed by atoms with Crippen LogP contribution in [0.1, 0.15) is 17.5 Å². The first kappa shape index (κ1) is 19.5. The van der Waals surface area contributed by atoms with Crippen molar-refractivity contribution < 1.29 is 23.8 Å². The van der Waals surface area contributed by atoms with Crippen molar-refractivity contribution in [3.8, 4) is 11.5 Å². The van der Waals surface area contributed by atoms with E-state index in [4.69, 9.17) is 30.6 Å². The minimum absolute atomic E-state index is 0.00690. The third-order valence-corrected chi connectivity index (χ3v) is 5.17. The van der Waals surface area contributed by atoms with Gasteiger partial charge in [-0.2, -0.15) is 0 Å². The zero-order chi connectivity index (χ0) is 20.2. The van der Waals surface area contributed by atoms with Gasteiger partial charge in [0.25, 0.3) is 0 Å². The summed E-state index contributed by atoms with van der Waals surface area (Å²) < 4.78 is 15.8. The van der Waals surface area contributed by atoms with E-state index in [9.17, 15) is 4.79 Å². The van der Waals surface area contributed by atoms with E-state index in [0.717, 1.165) is 22.6 Å². The predicted octanol–water partition coefficient (Wildman–Crippen LogP) is 3.24. The lowest BCUT2D eigenvalue weighted by Crippen LogP contribution is -2.39. The monoisotopic (exact) mass is 416 g/mol. The first-order valence-corrected chi connectivity index (χ1v) is 9.64. The molecule has 8 heteroatoms. The number of oxime groups is 1. The third kappa shape index (κ3) is 4.46. The van der Waals surface area contributed by atoms with Gasteiger partial charge in [-0.05, 0) is 29.8 Å². The molecule has 2 aromatic rings. The molecule has 2 aliphatic rings. The largest absolute Gasteiger partial charge is 0.454 e. The Morgan fingerprint density at radius 3 is 2.90 bits per heavy atom. The molecule has 2 aliphatic heterocycles. The molecule has 0 bridgehead atoms. The Hall–Kier alpha value is -2.77. The fourth-order valence-corrected chi connectivity index (χ4v) is 3.52. The molecule has 29 heavy (non-hydrogen) atoms. The molecule has 1 atom stereocenters. The summed E-state index contributed by atoms with van der Waals surface area (Å²) in [5.41, 5.74) is 2.59. The number of carbonyl (C=O) groups is 1.